The summed E-state index contributed by atoms with van der Waals surface area (Å²) in [5.41, 5.74) is 1.67. The summed E-state index contributed by atoms with van der Waals surface area (Å²) in [6.45, 7) is -1.15. The van der Waals surface area contributed by atoms with E-state index in [1.165, 1.54) is 31.4 Å². The standard InChI is InChI=1S/C19H16F2N2O3/c1-12-4-3-5-15(8-12)23-18(24)14(11-22)9-13-6-7-16(25-2)17(10-13)26-19(20)21/h3-10,19H,1-2H3,(H,23,24)/b14-9+. The van der Waals surface area contributed by atoms with E-state index in [4.69, 9.17) is 4.74 Å². The van der Waals surface area contributed by atoms with Crippen LogP contribution in [0.15, 0.2) is 48.0 Å². The van der Waals surface area contributed by atoms with Crippen molar-refractivity contribution in [1.82, 2.24) is 0 Å². The van der Waals surface area contributed by atoms with Crippen molar-refractivity contribution in [2.75, 3.05) is 12.4 Å². The van der Waals surface area contributed by atoms with E-state index in [1.54, 1.807) is 24.3 Å². The Balaban J connectivity index is 2.27. The van der Waals surface area contributed by atoms with E-state index in [0.29, 0.717) is 11.3 Å². The lowest BCUT2D eigenvalue weighted by atomic mass is 10.1. The molecule has 2 rings (SSSR count). The lowest BCUT2D eigenvalue weighted by molar-refractivity contribution is -0.112. The molecule has 2 aromatic rings. The summed E-state index contributed by atoms with van der Waals surface area (Å²) in [5, 5.41) is 11.9. The van der Waals surface area contributed by atoms with Gasteiger partial charge in [-0.2, -0.15) is 14.0 Å². The van der Waals surface area contributed by atoms with Crippen LogP contribution < -0.4 is 14.8 Å². The van der Waals surface area contributed by atoms with Crippen LogP contribution in [0.5, 0.6) is 11.5 Å². The topological polar surface area (TPSA) is 71.3 Å². The minimum Gasteiger partial charge on any atom is -0.493 e. The third-order valence-electron chi connectivity index (χ3n) is 3.36. The van der Waals surface area contributed by atoms with Crippen molar-refractivity contribution in [3.8, 4) is 17.6 Å². The first-order valence-corrected chi connectivity index (χ1v) is 7.55. The number of aryl methyl sites for hydroxylation is 1. The van der Waals surface area contributed by atoms with Crippen LogP contribution in [0.1, 0.15) is 11.1 Å². The Bertz CT molecular complexity index is 873. The molecule has 0 fully saturated rings. The van der Waals surface area contributed by atoms with E-state index >= 15 is 0 Å². The quantitative estimate of drug-likeness (QED) is 0.622. The first-order chi connectivity index (χ1) is 12.4. The van der Waals surface area contributed by atoms with Gasteiger partial charge in [-0.05, 0) is 48.4 Å². The van der Waals surface area contributed by atoms with Gasteiger partial charge in [0.25, 0.3) is 5.91 Å². The van der Waals surface area contributed by atoms with Gasteiger partial charge >= 0.3 is 6.61 Å². The summed E-state index contributed by atoms with van der Waals surface area (Å²) in [6, 6.07) is 13.1. The molecule has 26 heavy (non-hydrogen) atoms. The molecule has 0 aliphatic carbocycles. The van der Waals surface area contributed by atoms with E-state index in [1.807, 2.05) is 13.0 Å². The molecule has 0 spiro atoms. The van der Waals surface area contributed by atoms with E-state index in [-0.39, 0.29) is 17.1 Å². The Morgan fingerprint density at radius 2 is 2.00 bits per heavy atom. The SMILES string of the molecule is COc1ccc(/C=C(\C#N)C(=O)Nc2cccc(C)c2)cc1OC(F)F. The molecule has 0 aliphatic heterocycles. The molecule has 1 amide bonds. The summed E-state index contributed by atoms with van der Waals surface area (Å²) in [4.78, 5) is 12.3. The van der Waals surface area contributed by atoms with Gasteiger partial charge in [-0.25, -0.2) is 0 Å². The summed E-state index contributed by atoms with van der Waals surface area (Å²) < 4.78 is 34.3. The molecular weight excluding hydrogens is 342 g/mol. The number of hydrogen-bond acceptors (Lipinski definition) is 4. The van der Waals surface area contributed by atoms with Gasteiger partial charge in [-0.1, -0.05) is 18.2 Å². The minimum atomic E-state index is -3.02. The average Bonchev–Trinajstić information content (AvgIpc) is 2.59. The van der Waals surface area contributed by atoms with Crippen molar-refractivity contribution in [2.45, 2.75) is 13.5 Å². The van der Waals surface area contributed by atoms with Crippen LogP contribution in [0, 0.1) is 18.3 Å². The first kappa shape index (κ1) is 18.9. The number of nitrogens with one attached hydrogen (secondary N) is 1. The highest BCUT2D eigenvalue weighted by molar-refractivity contribution is 6.09. The molecular formula is C19H16F2N2O3. The highest BCUT2D eigenvalue weighted by Crippen LogP contribution is 2.30. The van der Waals surface area contributed by atoms with Gasteiger partial charge in [0.05, 0.1) is 7.11 Å². The predicted molar refractivity (Wildman–Crippen MR) is 93.0 cm³/mol. The largest absolute Gasteiger partial charge is 0.493 e. The zero-order valence-electron chi connectivity index (χ0n) is 14.1. The van der Waals surface area contributed by atoms with Crippen LogP contribution in [0.2, 0.25) is 0 Å². The van der Waals surface area contributed by atoms with Gasteiger partial charge in [0.1, 0.15) is 11.6 Å². The number of carbonyl (C=O) groups excluding carboxylic acids is 1. The Kier molecular flexibility index (Phi) is 6.28. The number of nitrogens with zero attached hydrogens (tertiary/aromatic N) is 1. The normalized spacial score (nSPS) is 11.0. The number of amides is 1. The van der Waals surface area contributed by atoms with Crippen LogP contribution >= 0.6 is 0 Å². The number of methoxy groups -OCH3 is 1. The van der Waals surface area contributed by atoms with E-state index in [0.717, 1.165) is 5.56 Å². The summed E-state index contributed by atoms with van der Waals surface area (Å²) in [5.74, 6) is -0.678. The Labute approximate surface area is 149 Å². The molecule has 0 saturated heterocycles. The molecule has 134 valence electrons. The number of carbonyl (C=O) groups is 1. The molecule has 0 aromatic heterocycles. The second-order valence-electron chi connectivity index (χ2n) is 5.28. The van der Waals surface area contributed by atoms with Crippen molar-refractivity contribution in [3.05, 3.63) is 59.2 Å². The Morgan fingerprint density at radius 1 is 1.23 bits per heavy atom. The second-order valence-corrected chi connectivity index (χ2v) is 5.28. The third kappa shape index (κ3) is 5.05. The van der Waals surface area contributed by atoms with Crippen molar-refractivity contribution in [1.29, 1.82) is 5.26 Å². The zero-order chi connectivity index (χ0) is 19.1. The van der Waals surface area contributed by atoms with Crippen LogP contribution in [-0.2, 0) is 4.79 Å². The molecule has 2 aromatic carbocycles. The summed E-state index contributed by atoms with van der Waals surface area (Å²) in [7, 11) is 1.32. The van der Waals surface area contributed by atoms with Gasteiger partial charge in [0.15, 0.2) is 11.5 Å². The zero-order valence-corrected chi connectivity index (χ0v) is 14.1. The highest BCUT2D eigenvalue weighted by Gasteiger charge is 2.13. The molecule has 1 N–H and O–H groups in total. The van der Waals surface area contributed by atoms with Gasteiger partial charge in [0.2, 0.25) is 0 Å². The monoisotopic (exact) mass is 358 g/mol. The van der Waals surface area contributed by atoms with Crippen molar-refractivity contribution >= 4 is 17.7 Å². The van der Waals surface area contributed by atoms with E-state index in [9.17, 15) is 18.8 Å². The number of anilines is 1. The van der Waals surface area contributed by atoms with Crippen LogP contribution in [0.4, 0.5) is 14.5 Å². The van der Waals surface area contributed by atoms with Gasteiger partial charge in [-0.15, -0.1) is 0 Å². The van der Waals surface area contributed by atoms with E-state index in [2.05, 4.69) is 10.1 Å². The third-order valence-corrected chi connectivity index (χ3v) is 3.36. The molecule has 0 heterocycles. The highest BCUT2D eigenvalue weighted by atomic mass is 19.3. The smallest absolute Gasteiger partial charge is 0.387 e. The van der Waals surface area contributed by atoms with Crippen molar-refractivity contribution in [3.63, 3.8) is 0 Å². The molecule has 0 atom stereocenters. The van der Waals surface area contributed by atoms with Crippen LogP contribution in [-0.4, -0.2) is 19.6 Å². The second kappa shape index (κ2) is 8.62. The fraction of sp³-hybridized carbons (Fsp3) is 0.158. The molecule has 0 radical (unpaired) electrons. The Hall–Kier alpha value is -3.40. The number of ether oxygens (including phenoxy) is 2. The lowest BCUT2D eigenvalue weighted by Crippen LogP contribution is -2.13. The van der Waals surface area contributed by atoms with Crippen molar-refractivity contribution < 1.29 is 23.0 Å². The number of nitriles is 1. The predicted octanol–water partition coefficient (Wildman–Crippen LogP) is 4.15. The maximum Gasteiger partial charge on any atom is 0.387 e. The molecule has 0 saturated carbocycles. The molecule has 5 nitrogen and oxygen atoms in total. The lowest BCUT2D eigenvalue weighted by Gasteiger charge is -2.10. The minimum absolute atomic E-state index is 0.116. The maximum absolute atomic E-state index is 12.5. The summed E-state index contributed by atoms with van der Waals surface area (Å²) in [6.07, 6.45) is 1.28. The number of rotatable bonds is 6. The molecule has 0 unspecified atom stereocenters. The number of alkyl halides is 2. The number of hydrogen-bond donors (Lipinski definition) is 1. The van der Waals surface area contributed by atoms with Gasteiger partial charge in [0, 0.05) is 5.69 Å². The van der Waals surface area contributed by atoms with Crippen LogP contribution in [0.3, 0.4) is 0 Å². The number of benzene rings is 2. The summed E-state index contributed by atoms with van der Waals surface area (Å²) >= 11 is 0. The molecule has 7 heteroatoms. The first-order valence-electron chi connectivity index (χ1n) is 7.55. The molecule has 0 aliphatic rings. The van der Waals surface area contributed by atoms with Crippen molar-refractivity contribution in [2.24, 2.45) is 0 Å². The maximum atomic E-state index is 12.5. The molecule has 0 bridgehead atoms. The fourth-order valence-electron chi connectivity index (χ4n) is 2.21. The van der Waals surface area contributed by atoms with Gasteiger partial charge in [-0.3, -0.25) is 4.79 Å². The Morgan fingerprint density at radius 3 is 2.62 bits per heavy atom. The van der Waals surface area contributed by atoms with Crippen LogP contribution in [0.25, 0.3) is 6.08 Å². The average molecular weight is 358 g/mol. The van der Waals surface area contributed by atoms with Gasteiger partial charge < -0.3 is 14.8 Å². The van der Waals surface area contributed by atoms with E-state index < -0.39 is 12.5 Å². The number of halogens is 2. The fourth-order valence-corrected chi connectivity index (χ4v) is 2.21.